The summed E-state index contributed by atoms with van der Waals surface area (Å²) in [6, 6.07) is 11.9. The Bertz CT molecular complexity index is 2080. The van der Waals surface area contributed by atoms with E-state index in [1.165, 1.54) is 24.1 Å². The maximum Gasteiger partial charge on any atom is 0.416 e. The van der Waals surface area contributed by atoms with Gasteiger partial charge in [0, 0.05) is 63.4 Å². The molecule has 3 aliphatic heterocycles. The number of hydrogen-bond donors (Lipinski definition) is 8. The Balaban J connectivity index is 1.01. The van der Waals surface area contributed by atoms with Gasteiger partial charge in [-0.15, -0.1) is 0 Å². The molecule has 0 unspecified atom stereocenters. The van der Waals surface area contributed by atoms with Crippen molar-refractivity contribution in [1.29, 1.82) is 0 Å². The average Bonchev–Trinajstić information content (AvgIpc) is 3.68. The minimum absolute atomic E-state index is 0.0240. The van der Waals surface area contributed by atoms with Crippen LogP contribution in [-0.2, 0) is 36.5 Å². The number of aliphatic hydroxyl groups excluding tert-OH is 4. The predicted octanol–water partition coefficient (Wildman–Crippen LogP) is -1.10. The van der Waals surface area contributed by atoms with Gasteiger partial charge in [0.25, 0.3) is 5.56 Å². The molecule has 2 aromatic carbocycles. The van der Waals surface area contributed by atoms with Crippen LogP contribution in [0.15, 0.2) is 70.4 Å². The number of nitrogens with zero attached hydrogens (tertiary/aromatic N) is 3. The number of piperidine rings is 1. The van der Waals surface area contributed by atoms with E-state index in [0.29, 0.717) is 31.7 Å². The fourth-order valence-corrected chi connectivity index (χ4v) is 7.84. The minimum atomic E-state index is -4.41. The number of primary amides is 1. The van der Waals surface area contributed by atoms with E-state index in [1.807, 2.05) is 29.2 Å². The fraction of sp³-hybridized carbons (Fsp3) is 0.550. The zero-order chi connectivity index (χ0) is 44.9. The van der Waals surface area contributed by atoms with E-state index in [2.05, 4.69) is 10.2 Å². The molecule has 10 atom stereocenters. The first-order valence-electron chi connectivity index (χ1n) is 20.1. The van der Waals surface area contributed by atoms with Crippen molar-refractivity contribution in [2.45, 2.75) is 106 Å². The highest BCUT2D eigenvalue weighted by molar-refractivity contribution is 5.80. The van der Waals surface area contributed by atoms with Crippen molar-refractivity contribution in [1.82, 2.24) is 19.8 Å². The summed E-state index contributed by atoms with van der Waals surface area (Å²) >= 11 is 0. The Hall–Kier alpha value is -4.91. The van der Waals surface area contributed by atoms with Crippen LogP contribution < -0.4 is 37.7 Å². The third-order valence-corrected chi connectivity index (χ3v) is 11.3. The average molecular weight is 880 g/mol. The number of benzene rings is 2. The number of ether oxygens (including phenoxy) is 4. The van der Waals surface area contributed by atoms with Crippen molar-refractivity contribution in [3.63, 3.8) is 0 Å². The Morgan fingerprint density at radius 2 is 1.65 bits per heavy atom. The number of anilines is 1. The van der Waals surface area contributed by atoms with Crippen LogP contribution in [0.4, 0.5) is 18.9 Å². The molecule has 62 heavy (non-hydrogen) atoms. The van der Waals surface area contributed by atoms with Crippen LogP contribution in [0.5, 0.6) is 5.75 Å². The van der Waals surface area contributed by atoms with Gasteiger partial charge in [-0.05, 0) is 62.0 Å². The number of alkyl halides is 3. The maximum atomic E-state index is 13.1. The van der Waals surface area contributed by atoms with Gasteiger partial charge < -0.3 is 61.1 Å². The lowest BCUT2D eigenvalue weighted by atomic mass is 9.97. The van der Waals surface area contributed by atoms with Gasteiger partial charge in [-0.2, -0.15) is 13.2 Å². The molecule has 0 spiro atoms. The molecule has 3 aromatic rings. The number of rotatable bonds is 17. The molecule has 3 aliphatic rings. The lowest BCUT2D eigenvalue weighted by molar-refractivity contribution is -0.232. The van der Waals surface area contributed by atoms with Crippen LogP contribution in [-0.4, -0.2) is 141 Å². The zero-order valence-corrected chi connectivity index (χ0v) is 33.7. The molecular formula is C40H52F3N7O12. The van der Waals surface area contributed by atoms with Gasteiger partial charge >= 0.3 is 11.9 Å². The summed E-state index contributed by atoms with van der Waals surface area (Å²) in [6.45, 7) is 1.46. The molecule has 1 aromatic heterocycles. The number of aliphatic hydroxyl groups is 4. The Kier molecular flexibility index (Phi) is 15.1. The van der Waals surface area contributed by atoms with E-state index >= 15 is 0 Å². The summed E-state index contributed by atoms with van der Waals surface area (Å²) in [5.41, 5.74) is 10.9. The lowest BCUT2D eigenvalue weighted by Crippen LogP contribution is -2.59. The lowest BCUT2D eigenvalue weighted by Gasteiger charge is -2.37. The monoisotopic (exact) mass is 879 g/mol. The van der Waals surface area contributed by atoms with Crippen LogP contribution in [0.25, 0.3) is 0 Å². The number of nitrogens with one attached hydrogen (secondary N) is 2. The molecule has 19 nitrogen and oxygen atoms in total. The molecule has 0 radical (unpaired) electrons. The molecule has 0 saturated carbocycles. The topological polar surface area (TPSA) is 277 Å². The molecule has 4 heterocycles. The standard InChI is InChI=1S/C40H52F3N7O12/c1-48(15-2-3-27(51)46-20-21-4-8-23(9-5-21)49-16-12-25(13-17-49)59-24-10-6-22(7-11-24)40(41,42)43)29(36(45)57)34(62-38-33(56)30(53)26(19-44)60-38)35-31(54)32(55)37(61-35)50-18-14-28(52)47-39(50)58/h4-11,14,18,25-26,29-35,37-38,53-56H,2-3,12-13,15-17,19-20,44H2,1H3,(H2,45,57)(H,46,51)(H,47,52,58)/t26-,29+,30-,31+,32-,33-,34+,35+,37-,38+/m1/s1. The molecule has 10 N–H and O–H groups in total. The minimum Gasteiger partial charge on any atom is -0.490 e. The second kappa shape index (κ2) is 20.1. The molecule has 2 amide bonds. The number of amides is 2. The van der Waals surface area contributed by atoms with E-state index in [9.17, 15) is 52.8 Å². The maximum absolute atomic E-state index is 13.1. The predicted molar refractivity (Wildman–Crippen MR) is 212 cm³/mol. The first-order chi connectivity index (χ1) is 29.4. The van der Waals surface area contributed by atoms with Crippen molar-refractivity contribution in [2.75, 3.05) is 38.1 Å². The number of nitrogens with two attached hydrogens (primary N) is 2. The van der Waals surface area contributed by atoms with Gasteiger partial charge in [0.15, 0.2) is 12.5 Å². The van der Waals surface area contributed by atoms with Crippen LogP contribution in [0.2, 0.25) is 0 Å². The van der Waals surface area contributed by atoms with Gasteiger partial charge in [-0.1, -0.05) is 12.1 Å². The van der Waals surface area contributed by atoms with Gasteiger partial charge in [-0.3, -0.25) is 28.8 Å². The summed E-state index contributed by atoms with van der Waals surface area (Å²) in [7, 11) is 1.49. The third-order valence-electron chi connectivity index (χ3n) is 11.3. The Labute approximate surface area is 352 Å². The third kappa shape index (κ3) is 11.0. The molecule has 0 aliphatic carbocycles. The summed E-state index contributed by atoms with van der Waals surface area (Å²) in [5, 5.41) is 46.2. The van der Waals surface area contributed by atoms with Crippen molar-refractivity contribution in [3.05, 3.63) is 92.8 Å². The number of H-pyrrole nitrogens is 1. The molecular weight excluding hydrogens is 827 g/mol. The number of likely N-dealkylation sites (N-methyl/N-ethyl adjacent to an activating group) is 1. The molecule has 3 fully saturated rings. The summed E-state index contributed by atoms with van der Waals surface area (Å²) in [5.74, 6) is -0.892. The number of carbonyl (C=O) groups is 2. The number of halogens is 3. The number of aromatic amines is 1. The first kappa shape index (κ1) is 46.6. The van der Waals surface area contributed by atoms with E-state index in [4.69, 9.17) is 30.4 Å². The van der Waals surface area contributed by atoms with E-state index in [0.717, 1.165) is 40.2 Å². The second-order valence-electron chi connectivity index (χ2n) is 15.6. The second-order valence-corrected chi connectivity index (χ2v) is 15.6. The summed E-state index contributed by atoms with van der Waals surface area (Å²) in [6.07, 6.45) is -16.1. The van der Waals surface area contributed by atoms with Crippen LogP contribution in [0, 0.1) is 0 Å². The van der Waals surface area contributed by atoms with Crippen molar-refractivity contribution in [3.8, 4) is 5.75 Å². The molecule has 3 saturated heterocycles. The molecule has 6 rings (SSSR count). The number of carbonyl (C=O) groups excluding carboxylic acids is 2. The Morgan fingerprint density at radius 3 is 2.24 bits per heavy atom. The van der Waals surface area contributed by atoms with Gasteiger partial charge in [0.2, 0.25) is 11.8 Å². The number of hydrogen-bond acceptors (Lipinski definition) is 15. The zero-order valence-electron chi connectivity index (χ0n) is 33.7. The fourth-order valence-electron chi connectivity index (χ4n) is 7.84. The summed E-state index contributed by atoms with van der Waals surface area (Å²) < 4.78 is 62.9. The van der Waals surface area contributed by atoms with Gasteiger partial charge in [0.05, 0.1) is 5.56 Å². The molecule has 340 valence electrons. The van der Waals surface area contributed by atoms with E-state index in [-0.39, 0.29) is 44.5 Å². The molecule has 0 bridgehead atoms. The van der Waals surface area contributed by atoms with Gasteiger partial charge in [-0.25, -0.2) is 4.79 Å². The van der Waals surface area contributed by atoms with Crippen LogP contribution >= 0.6 is 0 Å². The van der Waals surface area contributed by atoms with Gasteiger partial charge in [0.1, 0.15) is 60.6 Å². The quantitative estimate of drug-likeness (QED) is 0.0799. The SMILES string of the molecule is CN(CCCC(=O)NCc1ccc(N2CCC(Oc3ccc(C(F)(F)F)cc3)CC2)cc1)[C@H](C(N)=O)[C@H](O[C@@H]1O[C@H](CN)[C@@H](O)[C@H]1O)[C@H]1O[C@@H](n2ccc(=O)[nH]c2=O)[C@H](O)[C@@H]1O. The molecule has 22 heteroatoms. The first-order valence-corrected chi connectivity index (χ1v) is 20.1. The number of aromatic nitrogens is 2. The summed E-state index contributed by atoms with van der Waals surface area (Å²) in [4.78, 5) is 55.9. The normalized spacial score (nSPS) is 26.7. The van der Waals surface area contributed by atoms with Crippen LogP contribution in [0.3, 0.4) is 0 Å². The van der Waals surface area contributed by atoms with Crippen molar-refractivity contribution in [2.24, 2.45) is 11.5 Å². The smallest absolute Gasteiger partial charge is 0.416 e. The van der Waals surface area contributed by atoms with E-state index in [1.54, 1.807) is 0 Å². The highest BCUT2D eigenvalue weighted by Crippen LogP contribution is 2.36. The Morgan fingerprint density at radius 1 is 0.968 bits per heavy atom. The van der Waals surface area contributed by atoms with E-state index < -0.39 is 90.2 Å². The highest BCUT2D eigenvalue weighted by Gasteiger charge is 2.54. The van der Waals surface area contributed by atoms with Crippen LogP contribution in [0.1, 0.15) is 43.0 Å². The van der Waals surface area contributed by atoms with Crippen molar-refractivity contribution < 1.29 is 62.1 Å². The highest BCUT2D eigenvalue weighted by atomic mass is 19.4. The largest absolute Gasteiger partial charge is 0.490 e. The van der Waals surface area contributed by atoms with Crippen molar-refractivity contribution >= 4 is 17.5 Å².